The smallest absolute Gasteiger partial charge is 0.0628 e. The lowest BCUT2D eigenvalue weighted by Crippen LogP contribution is -2.21. The predicted molar refractivity (Wildman–Crippen MR) is 82.1 cm³/mol. The summed E-state index contributed by atoms with van der Waals surface area (Å²) in [6.45, 7) is 11.6. The Hall–Kier alpha value is -0.870. The maximum absolute atomic E-state index is 5.43. The minimum atomic E-state index is 0.729. The van der Waals surface area contributed by atoms with E-state index in [1.165, 1.54) is 36.2 Å². The first kappa shape index (κ1) is 15.5. The Morgan fingerprint density at radius 1 is 1.25 bits per heavy atom. The van der Waals surface area contributed by atoms with E-state index in [-0.39, 0.29) is 0 Å². The van der Waals surface area contributed by atoms with E-state index in [4.69, 9.17) is 9.84 Å². The van der Waals surface area contributed by atoms with Crippen molar-refractivity contribution in [3.63, 3.8) is 0 Å². The largest absolute Gasteiger partial charge is 0.381 e. The van der Waals surface area contributed by atoms with Gasteiger partial charge in [0.1, 0.15) is 0 Å². The van der Waals surface area contributed by atoms with E-state index >= 15 is 0 Å². The lowest BCUT2D eigenvalue weighted by Gasteiger charge is -2.22. The molecular formula is C16H29N3O. The minimum Gasteiger partial charge on any atom is -0.381 e. The van der Waals surface area contributed by atoms with Crippen LogP contribution in [0.2, 0.25) is 0 Å². The third kappa shape index (κ3) is 4.06. The second-order valence-corrected chi connectivity index (χ2v) is 5.89. The molecule has 2 heterocycles. The zero-order chi connectivity index (χ0) is 14.4. The van der Waals surface area contributed by atoms with Gasteiger partial charge >= 0.3 is 0 Å². The van der Waals surface area contributed by atoms with E-state index in [9.17, 15) is 0 Å². The van der Waals surface area contributed by atoms with Gasteiger partial charge in [0.25, 0.3) is 0 Å². The second-order valence-electron chi connectivity index (χ2n) is 5.89. The zero-order valence-corrected chi connectivity index (χ0v) is 13.2. The molecule has 1 aromatic heterocycles. The van der Waals surface area contributed by atoms with Crippen LogP contribution < -0.4 is 5.32 Å². The Morgan fingerprint density at radius 2 is 2.00 bits per heavy atom. The van der Waals surface area contributed by atoms with Gasteiger partial charge in [0.15, 0.2) is 0 Å². The molecule has 0 radical (unpaired) electrons. The van der Waals surface area contributed by atoms with Crippen LogP contribution in [-0.4, -0.2) is 36.1 Å². The molecule has 1 fully saturated rings. The quantitative estimate of drug-likeness (QED) is 0.779. The molecule has 0 spiro atoms. The molecule has 0 saturated carbocycles. The number of ether oxygens (including phenoxy) is 1. The molecule has 0 aliphatic carbocycles. The van der Waals surface area contributed by atoms with Crippen LogP contribution in [0.1, 0.15) is 43.1 Å². The summed E-state index contributed by atoms with van der Waals surface area (Å²) in [4.78, 5) is 0. The van der Waals surface area contributed by atoms with E-state index in [0.717, 1.165) is 45.2 Å². The molecule has 1 saturated heterocycles. The molecular weight excluding hydrogens is 250 g/mol. The normalized spacial score (nSPS) is 16.8. The molecule has 1 aliphatic rings. The second kappa shape index (κ2) is 7.79. The first-order valence-corrected chi connectivity index (χ1v) is 8.03. The van der Waals surface area contributed by atoms with Crippen LogP contribution in [0.4, 0.5) is 0 Å². The van der Waals surface area contributed by atoms with E-state index in [2.05, 4.69) is 30.8 Å². The summed E-state index contributed by atoms with van der Waals surface area (Å²) in [7, 11) is 0. The van der Waals surface area contributed by atoms with E-state index in [1.54, 1.807) is 0 Å². The van der Waals surface area contributed by atoms with Crippen molar-refractivity contribution in [2.45, 2.75) is 53.0 Å². The Labute approximate surface area is 122 Å². The molecule has 0 bridgehead atoms. The molecule has 4 nitrogen and oxygen atoms in total. The maximum Gasteiger partial charge on any atom is 0.0628 e. The molecule has 114 valence electrons. The van der Waals surface area contributed by atoms with Crippen molar-refractivity contribution in [1.82, 2.24) is 15.1 Å². The first-order chi connectivity index (χ1) is 9.72. The third-order valence-corrected chi connectivity index (χ3v) is 4.28. The minimum absolute atomic E-state index is 0.729. The van der Waals surface area contributed by atoms with Crippen molar-refractivity contribution < 1.29 is 4.74 Å². The van der Waals surface area contributed by atoms with Gasteiger partial charge in [0.05, 0.1) is 5.69 Å². The lowest BCUT2D eigenvalue weighted by molar-refractivity contribution is 0.0599. The van der Waals surface area contributed by atoms with Crippen molar-refractivity contribution in [2.24, 2.45) is 5.92 Å². The van der Waals surface area contributed by atoms with E-state index in [1.807, 2.05) is 0 Å². The standard InChI is InChI=1S/C16H29N3O/c1-4-8-17-9-5-16-13(2)18-19(14(16)3)12-15-6-10-20-11-7-15/h15,17H,4-12H2,1-3H3. The highest BCUT2D eigenvalue weighted by Crippen LogP contribution is 2.20. The van der Waals surface area contributed by atoms with Crippen LogP contribution in [0.15, 0.2) is 0 Å². The van der Waals surface area contributed by atoms with Gasteiger partial charge in [0, 0.05) is 25.5 Å². The van der Waals surface area contributed by atoms with Gasteiger partial charge < -0.3 is 10.1 Å². The van der Waals surface area contributed by atoms with Gasteiger partial charge in [-0.1, -0.05) is 6.92 Å². The van der Waals surface area contributed by atoms with Crippen molar-refractivity contribution in [1.29, 1.82) is 0 Å². The van der Waals surface area contributed by atoms with Gasteiger partial charge in [-0.15, -0.1) is 0 Å². The number of nitrogens with zero attached hydrogens (tertiary/aromatic N) is 2. The van der Waals surface area contributed by atoms with Gasteiger partial charge in [-0.2, -0.15) is 5.10 Å². The topological polar surface area (TPSA) is 39.1 Å². The molecule has 20 heavy (non-hydrogen) atoms. The fourth-order valence-corrected chi connectivity index (χ4v) is 2.96. The fourth-order valence-electron chi connectivity index (χ4n) is 2.96. The number of nitrogens with one attached hydrogen (secondary N) is 1. The SMILES string of the molecule is CCCNCCc1c(C)nn(CC2CCOCC2)c1C. The Kier molecular flexibility index (Phi) is 6.05. The highest BCUT2D eigenvalue weighted by Gasteiger charge is 2.18. The number of hydrogen-bond donors (Lipinski definition) is 1. The maximum atomic E-state index is 5.43. The molecule has 1 aromatic rings. The number of aryl methyl sites for hydroxylation is 1. The average molecular weight is 279 g/mol. The average Bonchev–Trinajstić information content (AvgIpc) is 2.72. The van der Waals surface area contributed by atoms with Crippen molar-refractivity contribution in [3.05, 3.63) is 17.0 Å². The van der Waals surface area contributed by atoms with Crippen LogP contribution in [0, 0.1) is 19.8 Å². The zero-order valence-electron chi connectivity index (χ0n) is 13.2. The van der Waals surface area contributed by atoms with Crippen LogP contribution in [-0.2, 0) is 17.7 Å². The number of rotatable bonds is 7. The molecule has 1 N–H and O–H groups in total. The van der Waals surface area contributed by atoms with Crippen molar-refractivity contribution in [3.8, 4) is 0 Å². The van der Waals surface area contributed by atoms with Crippen molar-refractivity contribution in [2.75, 3.05) is 26.3 Å². The van der Waals surface area contributed by atoms with Gasteiger partial charge in [0.2, 0.25) is 0 Å². The van der Waals surface area contributed by atoms with E-state index in [0.29, 0.717) is 0 Å². The van der Waals surface area contributed by atoms with Crippen LogP contribution in [0.3, 0.4) is 0 Å². The fraction of sp³-hybridized carbons (Fsp3) is 0.812. The monoisotopic (exact) mass is 279 g/mol. The highest BCUT2D eigenvalue weighted by atomic mass is 16.5. The predicted octanol–water partition coefficient (Wildman–Crippen LogP) is 2.47. The summed E-state index contributed by atoms with van der Waals surface area (Å²) in [5.41, 5.74) is 3.99. The van der Waals surface area contributed by atoms with Crippen molar-refractivity contribution >= 4 is 0 Å². The molecule has 2 rings (SSSR count). The first-order valence-electron chi connectivity index (χ1n) is 8.03. The van der Waals surface area contributed by atoms with Gasteiger partial charge in [-0.05, 0) is 64.1 Å². The summed E-state index contributed by atoms with van der Waals surface area (Å²) in [5, 5.41) is 8.23. The lowest BCUT2D eigenvalue weighted by atomic mass is 10.0. The molecule has 0 aromatic carbocycles. The van der Waals surface area contributed by atoms with Crippen LogP contribution in [0.5, 0.6) is 0 Å². The highest BCUT2D eigenvalue weighted by molar-refractivity contribution is 5.24. The van der Waals surface area contributed by atoms with Gasteiger partial charge in [-0.3, -0.25) is 4.68 Å². The number of aromatic nitrogens is 2. The molecule has 4 heteroatoms. The molecule has 0 atom stereocenters. The summed E-state index contributed by atoms with van der Waals surface area (Å²) in [5.74, 6) is 0.729. The van der Waals surface area contributed by atoms with E-state index < -0.39 is 0 Å². The van der Waals surface area contributed by atoms with Gasteiger partial charge in [-0.25, -0.2) is 0 Å². The Balaban J connectivity index is 1.93. The Bertz CT molecular complexity index is 408. The van der Waals surface area contributed by atoms with Crippen LogP contribution in [0.25, 0.3) is 0 Å². The van der Waals surface area contributed by atoms with Crippen LogP contribution >= 0.6 is 0 Å². The third-order valence-electron chi connectivity index (χ3n) is 4.28. The Morgan fingerprint density at radius 3 is 2.70 bits per heavy atom. The summed E-state index contributed by atoms with van der Waals surface area (Å²) in [6, 6.07) is 0. The summed E-state index contributed by atoms with van der Waals surface area (Å²) in [6.07, 6.45) is 4.63. The molecule has 1 aliphatic heterocycles. The molecule has 0 unspecified atom stereocenters. The number of hydrogen-bond acceptors (Lipinski definition) is 3. The summed E-state index contributed by atoms with van der Waals surface area (Å²) >= 11 is 0. The summed E-state index contributed by atoms with van der Waals surface area (Å²) < 4.78 is 7.66. The molecule has 0 amide bonds.